The van der Waals surface area contributed by atoms with Gasteiger partial charge in [-0.15, -0.1) is 0 Å². The molecule has 1 aromatic heterocycles. The second-order valence-electron chi connectivity index (χ2n) is 4.85. The van der Waals surface area contributed by atoms with Gasteiger partial charge in [-0.05, 0) is 25.0 Å². The number of rotatable bonds is 6. The molecule has 0 saturated carbocycles. The predicted molar refractivity (Wildman–Crippen MR) is 80.1 cm³/mol. The number of imidazole rings is 1. The lowest BCUT2D eigenvalue weighted by Crippen LogP contribution is -2.36. The van der Waals surface area contributed by atoms with E-state index in [1.165, 1.54) is 0 Å². The highest BCUT2D eigenvalue weighted by Gasteiger charge is 2.06. The summed E-state index contributed by atoms with van der Waals surface area (Å²) in [5.74, 6) is 0. The Morgan fingerprint density at radius 1 is 1.38 bits per heavy atom. The first-order valence-corrected chi connectivity index (χ1v) is 6.93. The summed E-state index contributed by atoms with van der Waals surface area (Å²) in [6.45, 7) is 2.57. The number of nitrogens with zero attached hydrogens (tertiary/aromatic N) is 2. The molecule has 2 amide bonds. The van der Waals surface area contributed by atoms with E-state index in [2.05, 4.69) is 15.6 Å². The van der Waals surface area contributed by atoms with E-state index < -0.39 is 6.10 Å². The van der Waals surface area contributed by atoms with Gasteiger partial charge in [-0.2, -0.15) is 0 Å². The van der Waals surface area contributed by atoms with Crippen LogP contribution in [0.15, 0.2) is 43.0 Å². The van der Waals surface area contributed by atoms with Crippen molar-refractivity contribution in [3.8, 4) is 5.69 Å². The fourth-order valence-electron chi connectivity index (χ4n) is 1.95. The van der Waals surface area contributed by atoms with E-state index >= 15 is 0 Å². The third-order valence-corrected chi connectivity index (χ3v) is 3.06. The molecule has 1 unspecified atom stereocenters. The quantitative estimate of drug-likeness (QED) is 0.752. The average Bonchev–Trinajstić information content (AvgIpc) is 2.99. The Bertz CT molecular complexity index is 567. The van der Waals surface area contributed by atoms with E-state index in [4.69, 9.17) is 5.11 Å². The third-order valence-electron chi connectivity index (χ3n) is 3.06. The fraction of sp³-hybridized carbons (Fsp3) is 0.333. The molecule has 1 aromatic carbocycles. The molecule has 0 radical (unpaired) electrons. The first kappa shape index (κ1) is 15.1. The molecule has 0 aliphatic rings. The zero-order valence-electron chi connectivity index (χ0n) is 12.0. The van der Waals surface area contributed by atoms with Gasteiger partial charge in [0.1, 0.15) is 0 Å². The van der Waals surface area contributed by atoms with Crippen molar-refractivity contribution >= 4 is 6.03 Å². The molecule has 0 aliphatic heterocycles. The molecule has 21 heavy (non-hydrogen) atoms. The largest absolute Gasteiger partial charge is 0.393 e. The number of benzene rings is 1. The van der Waals surface area contributed by atoms with Gasteiger partial charge < -0.3 is 20.3 Å². The monoisotopic (exact) mass is 288 g/mol. The van der Waals surface area contributed by atoms with Crippen molar-refractivity contribution in [3.63, 3.8) is 0 Å². The minimum absolute atomic E-state index is 0.240. The van der Waals surface area contributed by atoms with Gasteiger partial charge in [0.15, 0.2) is 0 Å². The molecular formula is C15H20N4O2. The summed E-state index contributed by atoms with van der Waals surface area (Å²) in [6.07, 6.45) is 5.43. The van der Waals surface area contributed by atoms with E-state index in [9.17, 15) is 4.79 Å². The van der Waals surface area contributed by atoms with Crippen LogP contribution in [0.2, 0.25) is 0 Å². The van der Waals surface area contributed by atoms with E-state index in [-0.39, 0.29) is 6.03 Å². The Morgan fingerprint density at radius 2 is 2.19 bits per heavy atom. The number of urea groups is 1. The Morgan fingerprint density at radius 3 is 2.90 bits per heavy atom. The van der Waals surface area contributed by atoms with Gasteiger partial charge >= 0.3 is 6.03 Å². The van der Waals surface area contributed by atoms with Crippen LogP contribution < -0.4 is 10.6 Å². The zero-order valence-corrected chi connectivity index (χ0v) is 12.0. The molecule has 1 heterocycles. The van der Waals surface area contributed by atoms with E-state index in [0.717, 1.165) is 11.3 Å². The molecule has 0 bridgehead atoms. The molecule has 0 fully saturated rings. The number of hydrogen-bond donors (Lipinski definition) is 3. The van der Waals surface area contributed by atoms with Gasteiger partial charge in [-0.3, -0.25) is 0 Å². The fourth-order valence-corrected chi connectivity index (χ4v) is 1.95. The Kier molecular flexibility index (Phi) is 5.34. The van der Waals surface area contributed by atoms with Crippen LogP contribution >= 0.6 is 0 Å². The molecule has 0 aliphatic carbocycles. The Hall–Kier alpha value is -2.34. The molecule has 6 nitrogen and oxygen atoms in total. The third kappa shape index (κ3) is 4.61. The second-order valence-corrected chi connectivity index (χ2v) is 4.85. The van der Waals surface area contributed by atoms with Crippen molar-refractivity contribution in [3.05, 3.63) is 48.5 Å². The number of amides is 2. The maximum absolute atomic E-state index is 11.7. The molecule has 0 saturated heterocycles. The number of para-hydroxylation sites is 1. The number of aromatic nitrogens is 2. The SMILES string of the molecule is CC(O)CCNC(=O)NCc1ccccc1-n1ccnc1. The standard InChI is InChI=1S/C15H20N4O2/c1-12(20)6-7-17-15(21)18-10-13-4-2-3-5-14(13)19-9-8-16-11-19/h2-5,8-9,11-12,20H,6-7,10H2,1H3,(H2,17,18,21). The van der Waals surface area contributed by atoms with Gasteiger partial charge in [0, 0.05) is 25.5 Å². The first-order chi connectivity index (χ1) is 10.2. The number of aliphatic hydroxyl groups is 1. The van der Waals surface area contributed by atoms with Crippen LogP contribution in [-0.4, -0.2) is 33.3 Å². The van der Waals surface area contributed by atoms with Crippen LogP contribution in [0.5, 0.6) is 0 Å². The zero-order chi connectivity index (χ0) is 15.1. The second kappa shape index (κ2) is 7.44. The molecule has 3 N–H and O–H groups in total. The maximum Gasteiger partial charge on any atom is 0.315 e. The van der Waals surface area contributed by atoms with Crippen LogP contribution in [0.1, 0.15) is 18.9 Å². The lowest BCUT2D eigenvalue weighted by molar-refractivity contribution is 0.183. The molecule has 0 spiro atoms. The molecule has 2 aromatic rings. The summed E-state index contributed by atoms with van der Waals surface area (Å²) in [5, 5.41) is 14.7. The summed E-state index contributed by atoms with van der Waals surface area (Å²) < 4.78 is 1.91. The topological polar surface area (TPSA) is 79.2 Å². The summed E-state index contributed by atoms with van der Waals surface area (Å²) >= 11 is 0. The smallest absolute Gasteiger partial charge is 0.315 e. The highest BCUT2D eigenvalue weighted by Crippen LogP contribution is 2.13. The average molecular weight is 288 g/mol. The van der Waals surface area contributed by atoms with E-state index in [1.54, 1.807) is 19.4 Å². The predicted octanol–water partition coefficient (Wildman–Crippen LogP) is 1.44. The van der Waals surface area contributed by atoms with Gasteiger partial charge in [0.05, 0.1) is 18.1 Å². The van der Waals surface area contributed by atoms with Crippen LogP contribution in [0.4, 0.5) is 4.79 Å². The summed E-state index contributed by atoms with van der Waals surface area (Å²) in [7, 11) is 0. The summed E-state index contributed by atoms with van der Waals surface area (Å²) in [4.78, 5) is 15.7. The van der Waals surface area contributed by atoms with Crippen molar-refractivity contribution in [1.82, 2.24) is 20.2 Å². The van der Waals surface area contributed by atoms with Crippen LogP contribution in [0.25, 0.3) is 5.69 Å². The lowest BCUT2D eigenvalue weighted by atomic mass is 10.1. The molecule has 1 atom stereocenters. The normalized spacial score (nSPS) is 11.9. The van der Waals surface area contributed by atoms with Crippen molar-refractivity contribution in [2.45, 2.75) is 26.0 Å². The highest BCUT2D eigenvalue weighted by molar-refractivity contribution is 5.73. The van der Waals surface area contributed by atoms with Crippen LogP contribution in [0.3, 0.4) is 0 Å². The van der Waals surface area contributed by atoms with Crippen LogP contribution in [-0.2, 0) is 6.54 Å². The molecule has 6 heteroatoms. The van der Waals surface area contributed by atoms with Gasteiger partial charge in [-0.1, -0.05) is 18.2 Å². The van der Waals surface area contributed by atoms with Crippen molar-refractivity contribution in [2.24, 2.45) is 0 Å². The van der Waals surface area contributed by atoms with Gasteiger partial charge in [0.2, 0.25) is 0 Å². The summed E-state index contributed by atoms with van der Waals surface area (Å²) in [5.41, 5.74) is 1.99. The number of carbonyl (C=O) groups is 1. The molecule has 112 valence electrons. The van der Waals surface area contributed by atoms with Gasteiger partial charge in [0.25, 0.3) is 0 Å². The molecule has 2 rings (SSSR count). The number of nitrogens with one attached hydrogen (secondary N) is 2. The molecular weight excluding hydrogens is 268 g/mol. The first-order valence-electron chi connectivity index (χ1n) is 6.93. The lowest BCUT2D eigenvalue weighted by Gasteiger charge is -2.12. The Balaban J connectivity index is 1.90. The van der Waals surface area contributed by atoms with Crippen molar-refractivity contribution in [1.29, 1.82) is 0 Å². The van der Waals surface area contributed by atoms with Gasteiger partial charge in [-0.25, -0.2) is 9.78 Å². The maximum atomic E-state index is 11.7. The van der Waals surface area contributed by atoms with E-state index in [0.29, 0.717) is 19.5 Å². The number of hydrogen-bond acceptors (Lipinski definition) is 3. The van der Waals surface area contributed by atoms with Crippen molar-refractivity contribution in [2.75, 3.05) is 6.54 Å². The number of aliphatic hydroxyl groups excluding tert-OH is 1. The minimum Gasteiger partial charge on any atom is -0.393 e. The van der Waals surface area contributed by atoms with E-state index in [1.807, 2.05) is 35.0 Å². The minimum atomic E-state index is -0.410. The Labute approximate surface area is 123 Å². The summed E-state index contributed by atoms with van der Waals surface area (Å²) in [6, 6.07) is 7.58. The van der Waals surface area contributed by atoms with Crippen LogP contribution in [0, 0.1) is 0 Å². The highest BCUT2D eigenvalue weighted by atomic mass is 16.3. The number of carbonyl (C=O) groups excluding carboxylic acids is 1. The van der Waals surface area contributed by atoms with Crippen molar-refractivity contribution < 1.29 is 9.90 Å².